The smallest absolute Gasteiger partial charge is 0.250 e. The van der Waals surface area contributed by atoms with Crippen molar-refractivity contribution < 1.29 is 14.3 Å². The molecule has 2 aromatic rings. The molecule has 158 valence electrons. The molecule has 2 heterocycles. The van der Waals surface area contributed by atoms with Crippen LogP contribution in [0.3, 0.4) is 0 Å². The van der Waals surface area contributed by atoms with Gasteiger partial charge in [-0.15, -0.1) is 0 Å². The van der Waals surface area contributed by atoms with E-state index in [1.165, 1.54) is 0 Å². The third kappa shape index (κ3) is 4.27. The van der Waals surface area contributed by atoms with Crippen LogP contribution in [0, 0.1) is 0 Å². The number of rotatable bonds is 5. The second kappa shape index (κ2) is 9.20. The van der Waals surface area contributed by atoms with Crippen molar-refractivity contribution in [3.8, 4) is 5.75 Å². The molecule has 2 fully saturated rings. The number of benzene rings is 2. The second-order valence-corrected chi connectivity index (χ2v) is 7.87. The van der Waals surface area contributed by atoms with Gasteiger partial charge in [-0.3, -0.25) is 9.59 Å². The quantitative estimate of drug-likeness (QED) is 0.764. The topological polar surface area (TPSA) is 53.1 Å². The highest BCUT2D eigenvalue weighted by Crippen LogP contribution is 2.29. The molecule has 6 heteroatoms. The minimum Gasteiger partial charge on any atom is -0.497 e. The van der Waals surface area contributed by atoms with Gasteiger partial charge in [0.25, 0.3) is 0 Å². The van der Waals surface area contributed by atoms with E-state index in [4.69, 9.17) is 4.74 Å². The van der Waals surface area contributed by atoms with Crippen LogP contribution in [0.2, 0.25) is 0 Å². The summed E-state index contributed by atoms with van der Waals surface area (Å²) in [7, 11) is 1.67. The Hall–Kier alpha value is -3.02. The molecular weight excluding hydrogens is 378 g/mol. The SMILES string of the molecule is COc1cccc(N2CCN(C(=O)C(c3ccccc3)N3CCCCC3=O)CC2)c1. The highest BCUT2D eigenvalue weighted by Gasteiger charge is 2.36. The van der Waals surface area contributed by atoms with Gasteiger partial charge in [0.1, 0.15) is 11.8 Å². The zero-order valence-corrected chi connectivity index (χ0v) is 17.5. The molecule has 1 unspecified atom stereocenters. The van der Waals surface area contributed by atoms with E-state index in [1.54, 1.807) is 12.0 Å². The third-order valence-electron chi connectivity index (χ3n) is 6.03. The Labute approximate surface area is 178 Å². The van der Waals surface area contributed by atoms with Crippen molar-refractivity contribution in [2.24, 2.45) is 0 Å². The number of hydrogen-bond acceptors (Lipinski definition) is 4. The number of piperidine rings is 1. The fourth-order valence-electron chi connectivity index (χ4n) is 4.36. The monoisotopic (exact) mass is 407 g/mol. The third-order valence-corrected chi connectivity index (χ3v) is 6.03. The first kappa shape index (κ1) is 20.3. The first-order valence-corrected chi connectivity index (χ1v) is 10.7. The number of methoxy groups -OCH3 is 1. The fraction of sp³-hybridized carbons (Fsp3) is 0.417. The predicted octanol–water partition coefficient (Wildman–Crippen LogP) is 3.10. The molecule has 6 nitrogen and oxygen atoms in total. The molecule has 0 spiro atoms. The first-order chi connectivity index (χ1) is 14.7. The Morgan fingerprint density at radius 2 is 1.70 bits per heavy atom. The van der Waals surface area contributed by atoms with Crippen molar-refractivity contribution in [2.45, 2.75) is 25.3 Å². The summed E-state index contributed by atoms with van der Waals surface area (Å²) >= 11 is 0. The minimum absolute atomic E-state index is 0.0294. The number of likely N-dealkylation sites (tertiary alicyclic amines) is 1. The summed E-state index contributed by atoms with van der Waals surface area (Å²) in [5, 5.41) is 0. The van der Waals surface area contributed by atoms with Gasteiger partial charge in [-0.2, -0.15) is 0 Å². The number of anilines is 1. The van der Waals surface area contributed by atoms with Crippen molar-refractivity contribution in [1.82, 2.24) is 9.80 Å². The van der Waals surface area contributed by atoms with Crippen molar-refractivity contribution >= 4 is 17.5 Å². The molecule has 1 atom stereocenters. The summed E-state index contributed by atoms with van der Waals surface area (Å²) in [4.78, 5) is 32.2. The Morgan fingerprint density at radius 1 is 0.933 bits per heavy atom. The van der Waals surface area contributed by atoms with Crippen LogP contribution in [0.4, 0.5) is 5.69 Å². The van der Waals surface area contributed by atoms with Gasteiger partial charge in [0.2, 0.25) is 11.8 Å². The van der Waals surface area contributed by atoms with Crippen LogP contribution in [-0.4, -0.2) is 61.4 Å². The van der Waals surface area contributed by atoms with Crippen LogP contribution in [0.25, 0.3) is 0 Å². The van der Waals surface area contributed by atoms with Gasteiger partial charge in [-0.25, -0.2) is 0 Å². The number of amides is 2. The van der Waals surface area contributed by atoms with Crippen LogP contribution in [0.1, 0.15) is 30.9 Å². The highest BCUT2D eigenvalue weighted by atomic mass is 16.5. The molecule has 4 rings (SSSR count). The standard InChI is InChI=1S/C24H29N3O3/c1-30-21-11-7-10-20(18-21)25-14-16-26(17-15-25)24(29)23(19-8-3-2-4-9-19)27-13-6-5-12-22(27)28/h2-4,7-11,18,23H,5-6,12-17H2,1H3. The lowest BCUT2D eigenvalue weighted by Gasteiger charge is -2.41. The normalized spacial score (nSPS) is 18.3. The molecule has 30 heavy (non-hydrogen) atoms. The summed E-state index contributed by atoms with van der Waals surface area (Å²) in [6, 6.07) is 17.2. The zero-order valence-electron chi connectivity index (χ0n) is 17.5. The maximum absolute atomic E-state index is 13.6. The van der Waals surface area contributed by atoms with Crippen LogP contribution < -0.4 is 9.64 Å². The molecule has 2 aliphatic heterocycles. The molecule has 0 radical (unpaired) electrons. The Kier molecular flexibility index (Phi) is 6.21. The van der Waals surface area contributed by atoms with Gasteiger partial charge < -0.3 is 19.4 Å². The molecule has 0 aromatic heterocycles. The largest absolute Gasteiger partial charge is 0.497 e. The van der Waals surface area contributed by atoms with E-state index in [0.717, 1.165) is 42.9 Å². The van der Waals surface area contributed by atoms with Crippen LogP contribution in [0.5, 0.6) is 5.75 Å². The van der Waals surface area contributed by atoms with E-state index >= 15 is 0 Å². The molecule has 2 amide bonds. The fourth-order valence-corrected chi connectivity index (χ4v) is 4.36. The van der Waals surface area contributed by atoms with Gasteiger partial charge >= 0.3 is 0 Å². The van der Waals surface area contributed by atoms with Gasteiger partial charge in [0.15, 0.2) is 0 Å². The van der Waals surface area contributed by atoms with E-state index in [2.05, 4.69) is 11.0 Å². The Balaban J connectivity index is 1.49. The van der Waals surface area contributed by atoms with E-state index < -0.39 is 6.04 Å². The molecule has 2 aliphatic rings. The minimum atomic E-state index is -0.526. The summed E-state index contributed by atoms with van der Waals surface area (Å²) in [6.07, 6.45) is 2.39. The van der Waals surface area contributed by atoms with Crippen LogP contribution >= 0.6 is 0 Å². The number of nitrogens with zero attached hydrogens (tertiary/aromatic N) is 3. The van der Waals surface area contributed by atoms with Gasteiger partial charge in [-0.1, -0.05) is 36.4 Å². The van der Waals surface area contributed by atoms with Crippen molar-refractivity contribution in [3.63, 3.8) is 0 Å². The number of hydrogen-bond donors (Lipinski definition) is 0. The summed E-state index contributed by atoms with van der Waals surface area (Å²) < 4.78 is 5.33. The second-order valence-electron chi connectivity index (χ2n) is 7.87. The average Bonchev–Trinajstić information content (AvgIpc) is 2.81. The molecule has 0 saturated carbocycles. The highest BCUT2D eigenvalue weighted by molar-refractivity contribution is 5.89. The van der Waals surface area contributed by atoms with Crippen molar-refractivity contribution in [3.05, 3.63) is 60.2 Å². The zero-order chi connectivity index (χ0) is 20.9. The molecular formula is C24H29N3O3. The molecule has 0 aliphatic carbocycles. The lowest BCUT2D eigenvalue weighted by atomic mass is 9.99. The lowest BCUT2D eigenvalue weighted by molar-refractivity contribution is -0.148. The summed E-state index contributed by atoms with van der Waals surface area (Å²) in [6.45, 7) is 3.44. The first-order valence-electron chi connectivity index (χ1n) is 10.7. The Morgan fingerprint density at radius 3 is 2.40 bits per heavy atom. The van der Waals surface area contributed by atoms with E-state index in [-0.39, 0.29) is 11.8 Å². The van der Waals surface area contributed by atoms with Gasteiger partial charge in [-0.05, 0) is 30.5 Å². The number of carbonyl (C=O) groups excluding carboxylic acids is 2. The van der Waals surface area contributed by atoms with Gasteiger partial charge in [0, 0.05) is 50.9 Å². The summed E-state index contributed by atoms with van der Waals surface area (Å²) in [5.74, 6) is 0.943. The molecule has 2 aromatic carbocycles. The number of ether oxygens (including phenoxy) is 1. The van der Waals surface area contributed by atoms with Crippen LogP contribution in [0.15, 0.2) is 54.6 Å². The van der Waals surface area contributed by atoms with E-state index in [1.807, 2.05) is 53.4 Å². The maximum atomic E-state index is 13.6. The number of piperazine rings is 1. The van der Waals surface area contributed by atoms with E-state index in [9.17, 15) is 9.59 Å². The van der Waals surface area contributed by atoms with Crippen molar-refractivity contribution in [2.75, 3.05) is 44.7 Å². The lowest BCUT2D eigenvalue weighted by Crippen LogP contribution is -2.53. The molecule has 0 bridgehead atoms. The predicted molar refractivity (Wildman–Crippen MR) is 117 cm³/mol. The average molecular weight is 408 g/mol. The van der Waals surface area contributed by atoms with E-state index in [0.29, 0.717) is 26.1 Å². The van der Waals surface area contributed by atoms with Crippen molar-refractivity contribution in [1.29, 1.82) is 0 Å². The molecule has 0 N–H and O–H groups in total. The molecule has 2 saturated heterocycles. The number of carbonyl (C=O) groups is 2. The van der Waals surface area contributed by atoms with Gasteiger partial charge in [0.05, 0.1) is 7.11 Å². The van der Waals surface area contributed by atoms with Crippen LogP contribution in [-0.2, 0) is 9.59 Å². The summed E-state index contributed by atoms with van der Waals surface area (Å²) in [5.41, 5.74) is 2.00. The Bertz CT molecular complexity index is 878. The maximum Gasteiger partial charge on any atom is 0.250 e.